The van der Waals surface area contributed by atoms with Gasteiger partial charge in [0.15, 0.2) is 0 Å². The zero-order valence-electron chi connectivity index (χ0n) is 11.0. The molecule has 2 atom stereocenters. The maximum absolute atomic E-state index is 9.74. The summed E-state index contributed by atoms with van der Waals surface area (Å²) in [6.45, 7) is 4.08. The average molecular weight is 251 g/mol. The van der Waals surface area contributed by atoms with Crippen LogP contribution in [0.1, 0.15) is 13.3 Å². The van der Waals surface area contributed by atoms with Gasteiger partial charge < -0.3 is 20.6 Å². The zero-order valence-corrected chi connectivity index (χ0v) is 11.0. The molecule has 0 spiro atoms. The lowest BCUT2D eigenvalue weighted by molar-refractivity contribution is 0.194. The van der Waals surface area contributed by atoms with Gasteiger partial charge in [0.05, 0.1) is 6.10 Å². The molecule has 2 unspecified atom stereocenters. The Bertz CT molecular complexity index is 400. The third kappa shape index (κ3) is 2.54. The van der Waals surface area contributed by atoms with E-state index >= 15 is 0 Å². The summed E-state index contributed by atoms with van der Waals surface area (Å²) in [5, 5.41) is 9.74. The highest BCUT2D eigenvalue weighted by molar-refractivity contribution is 5.51. The second-order valence-corrected chi connectivity index (χ2v) is 4.68. The Morgan fingerprint density at radius 2 is 2.33 bits per heavy atom. The molecule has 0 aliphatic carbocycles. The summed E-state index contributed by atoms with van der Waals surface area (Å²) in [5.74, 6) is 1.73. The fraction of sp³-hybridized carbons (Fsp3) is 0.667. The van der Waals surface area contributed by atoms with Gasteiger partial charge in [0, 0.05) is 38.8 Å². The lowest BCUT2D eigenvalue weighted by atomic mass is 10.2. The Kier molecular flexibility index (Phi) is 3.98. The molecule has 1 aliphatic heterocycles. The van der Waals surface area contributed by atoms with Crippen molar-refractivity contribution < 1.29 is 5.11 Å². The first-order valence-corrected chi connectivity index (χ1v) is 6.33. The molecule has 1 aromatic rings. The lowest BCUT2D eigenvalue weighted by Gasteiger charge is -2.25. The molecule has 0 saturated carbocycles. The van der Waals surface area contributed by atoms with Crippen LogP contribution in [0.2, 0.25) is 0 Å². The van der Waals surface area contributed by atoms with Gasteiger partial charge >= 0.3 is 0 Å². The second-order valence-electron chi connectivity index (χ2n) is 4.68. The third-order valence-electron chi connectivity index (χ3n) is 3.46. The predicted octanol–water partition coefficient (Wildman–Crippen LogP) is -0.169. The maximum atomic E-state index is 9.74. The first-order chi connectivity index (χ1) is 8.65. The number of rotatable bonds is 4. The summed E-state index contributed by atoms with van der Waals surface area (Å²) >= 11 is 0. The van der Waals surface area contributed by atoms with E-state index in [4.69, 9.17) is 5.73 Å². The van der Waals surface area contributed by atoms with Gasteiger partial charge in [0.2, 0.25) is 0 Å². The Hall–Kier alpha value is -1.40. The molecule has 2 heterocycles. The van der Waals surface area contributed by atoms with E-state index in [1.54, 1.807) is 6.33 Å². The number of β-amino-alcohol motifs (C(OH)–C–C–N with tert-alkyl or cyclic N) is 1. The standard InChI is InChI=1S/C12H21N5O/c1-3-16(2)11-5-12(15-8-14-11)17-7-10(18)4-9(17)6-13/h5,8-10,18H,3-4,6-7,13H2,1-2H3. The number of hydrogen-bond acceptors (Lipinski definition) is 6. The molecular weight excluding hydrogens is 230 g/mol. The van der Waals surface area contributed by atoms with Crippen molar-refractivity contribution in [3.63, 3.8) is 0 Å². The van der Waals surface area contributed by atoms with E-state index in [9.17, 15) is 5.11 Å². The highest BCUT2D eigenvalue weighted by atomic mass is 16.3. The van der Waals surface area contributed by atoms with E-state index in [2.05, 4.69) is 26.7 Å². The fourth-order valence-corrected chi connectivity index (χ4v) is 2.26. The van der Waals surface area contributed by atoms with Crippen molar-refractivity contribution in [1.82, 2.24) is 9.97 Å². The van der Waals surface area contributed by atoms with Crippen LogP contribution >= 0.6 is 0 Å². The Labute approximate surface area is 107 Å². The Morgan fingerprint density at radius 3 is 3.00 bits per heavy atom. The van der Waals surface area contributed by atoms with Crippen LogP contribution in [0, 0.1) is 0 Å². The quantitative estimate of drug-likeness (QED) is 0.773. The van der Waals surface area contributed by atoms with Gasteiger partial charge in [0.25, 0.3) is 0 Å². The molecule has 6 heteroatoms. The van der Waals surface area contributed by atoms with Gasteiger partial charge in [-0.3, -0.25) is 0 Å². The smallest absolute Gasteiger partial charge is 0.134 e. The maximum Gasteiger partial charge on any atom is 0.134 e. The van der Waals surface area contributed by atoms with Crippen molar-refractivity contribution in [2.24, 2.45) is 5.73 Å². The fourth-order valence-electron chi connectivity index (χ4n) is 2.26. The number of aliphatic hydroxyl groups is 1. The minimum atomic E-state index is -0.319. The van der Waals surface area contributed by atoms with Crippen LogP contribution in [0.15, 0.2) is 12.4 Å². The lowest BCUT2D eigenvalue weighted by Crippen LogP contribution is -2.36. The molecule has 1 aromatic heterocycles. The second kappa shape index (κ2) is 5.49. The van der Waals surface area contributed by atoms with Crippen LogP contribution in [0.3, 0.4) is 0 Å². The van der Waals surface area contributed by atoms with Crippen LogP contribution in [0.4, 0.5) is 11.6 Å². The number of hydrogen-bond donors (Lipinski definition) is 2. The monoisotopic (exact) mass is 251 g/mol. The van der Waals surface area contributed by atoms with E-state index in [0.717, 1.165) is 18.2 Å². The summed E-state index contributed by atoms with van der Waals surface area (Å²) < 4.78 is 0. The third-order valence-corrected chi connectivity index (χ3v) is 3.46. The summed E-state index contributed by atoms with van der Waals surface area (Å²) in [6.07, 6.45) is 1.95. The summed E-state index contributed by atoms with van der Waals surface area (Å²) in [6, 6.07) is 2.11. The highest BCUT2D eigenvalue weighted by Crippen LogP contribution is 2.25. The first kappa shape index (κ1) is 13.0. The Morgan fingerprint density at radius 1 is 1.56 bits per heavy atom. The van der Waals surface area contributed by atoms with Gasteiger partial charge in [-0.15, -0.1) is 0 Å². The molecule has 0 aromatic carbocycles. The van der Waals surface area contributed by atoms with E-state index < -0.39 is 0 Å². The van der Waals surface area contributed by atoms with Crippen LogP contribution in [0.5, 0.6) is 0 Å². The van der Waals surface area contributed by atoms with Crippen molar-refractivity contribution in [1.29, 1.82) is 0 Å². The molecule has 100 valence electrons. The van der Waals surface area contributed by atoms with E-state index in [0.29, 0.717) is 19.5 Å². The summed E-state index contributed by atoms with van der Waals surface area (Å²) in [5.41, 5.74) is 5.74. The van der Waals surface area contributed by atoms with Crippen LogP contribution < -0.4 is 15.5 Å². The SMILES string of the molecule is CCN(C)c1cc(N2CC(O)CC2CN)ncn1. The van der Waals surface area contributed by atoms with Gasteiger partial charge in [-0.25, -0.2) is 9.97 Å². The van der Waals surface area contributed by atoms with Crippen LogP contribution in [-0.2, 0) is 0 Å². The number of nitrogens with zero attached hydrogens (tertiary/aromatic N) is 4. The normalized spacial score (nSPS) is 23.4. The summed E-state index contributed by atoms with van der Waals surface area (Å²) in [7, 11) is 1.99. The van der Waals surface area contributed by atoms with Crippen molar-refractivity contribution >= 4 is 11.6 Å². The molecule has 6 nitrogen and oxygen atoms in total. The Balaban J connectivity index is 2.22. The first-order valence-electron chi connectivity index (χ1n) is 6.33. The molecule has 18 heavy (non-hydrogen) atoms. The molecular formula is C12H21N5O. The predicted molar refractivity (Wildman–Crippen MR) is 71.8 cm³/mol. The number of anilines is 2. The summed E-state index contributed by atoms with van der Waals surface area (Å²) in [4.78, 5) is 12.7. The number of nitrogens with two attached hydrogens (primary N) is 1. The molecule has 2 rings (SSSR count). The largest absolute Gasteiger partial charge is 0.391 e. The number of aromatic nitrogens is 2. The molecule has 1 aliphatic rings. The van der Waals surface area contributed by atoms with Crippen molar-refractivity contribution in [3.8, 4) is 0 Å². The number of aliphatic hydroxyl groups excluding tert-OH is 1. The molecule has 3 N–H and O–H groups in total. The van der Waals surface area contributed by atoms with Gasteiger partial charge in [-0.2, -0.15) is 0 Å². The van der Waals surface area contributed by atoms with Crippen molar-refractivity contribution in [2.45, 2.75) is 25.5 Å². The van der Waals surface area contributed by atoms with Crippen LogP contribution in [0.25, 0.3) is 0 Å². The molecule has 0 radical (unpaired) electrons. The highest BCUT2D eigenvalue weighted by Gasteiger charge is 2.31. The van der Waals surface area contributed by atoms with Gasteiger partial charge in [0.1, 0.15) is 18.0 Å². The van der Waals surface area contributed by atoms with Crippen molar-refractivity contribution in [2.75, 3.05) is 36.5 Å². The molecule has 1 saturated heterocycles. The minimum absolute atomic E-state index is 0.162. The molecule has 0 amide bonds. The topological polar surface area (TPSA) is 78.5 Å². The van der Waals surface area contributed by atoms with Crippen LogP contribution in [-0.4, -0.2) is 53.9 Å². The molecule has 1 fully saturated rings. The van der Waals surface area contributed by atoms with Crippen molar-refractivity contribution in [3.05, 3.63) is 12.4 Å². The van der Waals surface area contributed by atoms with Gasteiger partial charge in [-0.05, 0) is 13.3 Å². The van der Waals surface area contributed by atoms with E-state index in [1.165, 1.54) is 0 Å². The molecule has 0 bridgehead atoms. The van der Waals surface area contributed by atoms with E-state index in [1.807, 2.05) is 13.1 Å². The van der Waals surface area contributed by atoms with Gasteiger partial charge in [-0.1, -0.05) is 0 Å². The average Bonchev–Trinajstić information content (AvgIpc) is 2.79. The van der Waals surface area contributed by atoms with E-state index in [-0.39, 0.29) is 12.1 Å². The zero-order chi connectivity index (χ0) is 13.1. The minimum Gasteiger partial charge on any atom is -0.391 e.